The van der Waals surface area contributed by atoms with E-state index in [0.717, 1.165) is 82.3 Å². The van der Waals surface area contributed by atoms with Crippen LogP contribution >= 0.6 is 0 Å². The molecule has 27 heavy (non-hydrogen) atoms. The van der Waals surface area contributed by atoms with Crippen LogP contribution in [0.25, 0.3) is 0 Å². The van der Waals surface area contributed by atoms with Crippen LogP contribution in [0.5, 0.6) is 0 Å². The molecule has 0 spiro atoms. The van der Waals surface area contributed by atoms with Gasteiger partial charge in [-0.15, -0.1) is 0 Å². The van der Waals surface area contributed by atoms with Crippen LogP contribution in [-0.4, -0.2) is 60.4 Å². The Bertz CT molecular complexity index is 583. The van der Waals surface area contributed by atoms with Gasteiger partial charge in [-0.25, -0.2) is 0 Å². The first-order valence-electron chi connectivity index (χ1n) is 11.3. The summed E-state index contributed by atoms with van der Waals surface area (Å²) in [6.07, 6.45) is 11.4. The van der Waals surface area contributed by atoms with Gasteiger partial charge in [0.15, 0.2) is 0 Å². The third kappa shape index (κ3) is 3.01. The molecule has 0 aromatic heterocycles. The van der Waals surface area contributed by atoms with E-state index in [1.165, 1.54) is 19.3 Å². The Morgan fingerprint density at radius 3 is 2.19 bits per heavy atom. The van der Waals surface area contributed by atoms with E-state index in [0.29, 0.717) is 11.9 Å². The van der Waals surface area contributed by atoms with Gasteiger partial charge in [-0.2, -0.15) is 0 Å². The lowest BCUT2D eigenvalue weighted by molar-refractivity contribution is -0.162. The van der Waals surface area contributed by atoms with Crippen molar-refractivity contribution in [2.75, 3.05) is 26.7 Å². The van der Waals surface area contributed by atoms with E-state index in [-0.39, 0.29) is 17.4 Å². The maximum Gasteiger partial charge on any atom is 0.245 e. The summed E-state index contributed by atoms with van der Waals surface area (Å²) in [5.74, 6) is 2.88. The molecular weight excluding hydrogens is 338 g/mol. The third-order valence-corrected chi connectivity index (χ3v) is 8.43. The van der Waals surface area contributed by atoms with Crippen molar-refractivity contribution in [2.45, 2.75) is 76.3 Å². The number of piperidine rings is 1. The minimum absolute atomic E-state index is 0.118. The second-order valence-electron chi connectivity index (χ2n) is 10.3. The molecule has 0 aromatic rings. The van der Waals surface area contributed by atoms with Crippen LogP contribution in [0.2, 0.25) is 0 Å². The van der Waals surface area contributed by atoms with Crippen molar-refractivity contribution in [3.63, 3.8) is 0 Å². The van der Waals surface area contributed by atoms with Crippen LogP contribution < -0.4 is 5.32 Å². The van der Waals surface area contributed by atoms with Crippen LogP contribution in [-0.2, 0) is 9.59 Å². The first-order chi connectivity index (χ1) is 13.1. The fourth-order valence-electron chi connectivity index (χ4n) is 7.57. The number of nitrogens with zero attached hydrogens (tertiary/aromatic N) is 2. The van der Waals surface area contributed by atoms with Crippen LogP contribution in [0.15, 0.2) is 0 Å². The topological polar surface area (TPSA) is 52.7 Å². The first kappa shape index (κ1) is 18.0. The average molecular weight is 374 g/mol. The Morgan fingerprint density at radius 2 is 1.56 bits per heavy atom. The van der Waals surface area contributed by atoms with Gasteiger partial charge < -0.3 is 15.1 Å². The van der Waals surface area contributed by atoms with Gasteiger partial charge in [-0.05, 0) is 89.0 Å². The summed E-state index contributed by atoms with van der Waals surface area (Å²) in [6.45, 7) is 2.44. The van der Waals surface area contributed by atoms with Crippen molar-refractivity contribution >= 4 is 11.8 Å². The van der Waals surface area contributed by atoms with Gasteiger partial charge in [0.2, 0.25) is 11.8 Å². The van der Waals surface area contributed by atoms with Crippen LogP contribution in [0.4, 0.5) is 0 Å². The highest BCUT2D eigenvalue weighted by molar-refractivity contribution is 5.91. The number of likely N-dealkylation sites (N-methyl/N-ethyl adjacent to an activating group) is 1. The van der Waals surface area contributed by atoms with Crippen molar-refractivity contribution < 1.29 is 9.59 Å². The molecule has 0 radical (unpaired) electrons. The zero-order chi connectivity index (χ0) is 18.6. The molecule has 2 aliphatic heterocycles. The van der Waals surface area contributed by atoms with Crippen molar-refractivity contribution in [3.8, 4) is 0 Å². The number of hydrogen-bond donors (Lipinski definition) is 1. The largest absolute Gasteiger partial charge is 0.339 e. The lowest BCUT2D eigenvalue weighted by atomic mass is 9.49. The van der Waals surface area contributed by atoms with E-state index in [1.54, 1.807) is 0 Å². The molecule has 150 valence electrons. The molecule has 4 saturated carbocycles. The van der Waals surface area contributed by atoms with Gasteiger partial charge in [-0.3, -0.25) is 9.59 Å². The Morgan fingerprint density at radius 1 is 0.926 bits per heavy atom. The number of hydrogen-bond acceptors (Lipinski definition) is 3. The summed E-state index contributed by atoms with van der Waals surface area (Å²) in [4.78, 5) is 31.1. The second kappa shape index (κ2) is 6.75. The Labute approximate surface area is 163 Å². The lowest BCUT2D eigenvalue weighted by Gasteiger charge is -2.56. The standard InChI is InChI=1S/C22H35N3O2/c1-23-18-4-2-6-24(14-18)20(26)19-5-3-7-25(19)21(27)22-11-15-8-16(12-22)10-17(9-15)13-22/h15-19,23H,2-14H2,1H3. The van der Waals surface area contributed by atoms with E-state index >= 15 is 0 Å². The molecule has 6 fully saturated rings. The minimum Gasteiger partial charge on any atom is -0.339 e. The molecule has 5 heteroatoms. The third-order valence-electron chi connectivity index (χ3n) is 8.43. The van der Waals surface area contributed by atoms with Crippen molar-refractivity contribution in [3.05, 3.63) is 0 Å². The van der Waals surface area contributed by atoms with Gasteiger partial charge in [0.1, 0.15) is 6.04 Å². The fourth-order valence-corrected chi connectivity index (χ4v) is 7.57. The molecule has 5 nitrogen and oxygen atoms in total. The molecule has 2 atom stereocenters. The summed E-state index contributed by atoms with van der Waals surface area (Å²) < 4.78 is 0. The van der Waals surface area contributed by atoms with Crippen molar-refractivity contribution in [1.29, 1.82) is 0 Å². The summed E-state index contributed by atoms with van der Waals surface area (Å²) in [5.41, 5.74) is -0.118. The fraction of sp³-hybridized carbons (Fsp3) is 0.909. The van der Waals surface area contributed by atoms with E-state index in [1.807, 2.05) is 16.8 Å². The van der Waals surface area contributed by atoms with E-state index in [2.05, 4.69) is 5.32 Å². The number of carbonyl (C=O) groups is 2. The van der Waals surface area contributed by atoms with E-state index < -0.39 is 0 Å². The summed E-state index contributed by atoms with van der Waals surface area (Å²) in [6, 6.07) is 0.206. The van der Waals surface area contributed by atoms with Gasteiger partial charge in [0.25, 0.3) is 0 Å². The lowest BCUT2D eigenvalue weighted by Crippen LogP contribution is -2.58. The number of rotatable bonds is 3. The number of likely N-dealkylation sites (tertiary alicyclic amines) is 2. The zero-order valence-corrected chi connectivity index (χ0v) is 16.8. The van der Waals surface area contributed by atoms with Crippen LogP contribution in [0.1, 0.15) is 64.2 Å². The average Bonchev–Trinajstić information content (AvgIpc) is 3.15. The molecular formula is C22H35N3O2. The number of amides is 2. The van der Waals surface area contributed by atoms with Gasteiger partial charge in [0, 0.05) is 25.7 Å². The molecule has 2 unspecified atom stereocenters. The number of carbonyl (C=O) groups excluding carboxylic acids is 2. The maximum absolute atomic E-state index is 13.8. The molecule has 0 aromatic carbocycles. The van der Waals surface area contributed by atoms with E-state index in [4.69, 9.17) is 0 Å². The van der Waals surface area contributed by atoms with Crippen LogP contribution in [0, 0.1) is 23.2 Å². The van der Waals surface area contributed by atoms with Gasteiger partial charge >= 0.3 is 0 Å². The Balaban J connectivity index is 1.32. The Hall–Kier alpha value is -1.10. The summed E-state index contributed by atoms with van der Waals surface area (Å²) in [7, 11) is 1.98. The predicted molar refractivity (Wildman–Crippen MR) is 104 cm³/mol. The normalized spacial score (nSPS) is 43.4. The van der Waals surface area contributed by atoms with Crippen molar-refractivity contribution in [1.82, 2.24) is 15.1 Å². The SMILES string of the molecule is CNC1CCCN(C(=O)C2CCCN2C(=O)C23CC4CC(CC(C4)C2)C3)C1. The molecule has 6 rings (SSSR count). The highest BCUT2D eigenvalue weighted by Gasteiger charge is 2.57. The predicted octanol–water partition coefficient (Wildman–Crippen LogP) is 2.40. The molecule has 4 aliphatic carbocycles. The quantitative estimate of drug-likeness (QED) is 0.827. The summed E-state index contributed by atoms with van der Waals surface area (Å²) in [5, 5.41) is 3.33. The second-order valence-corrected chi connectivity index (χ2v) is 10.3. The molecule has 2 heterocycles. The highest BCUT2D eigenvalue weighted by atomic mass is 16.2. The molecule has 2 amide bonds. The monoisotopic (exact) mass is 373 g/mol. The van der Waals surface area contributed by atoms with Gasteiger partial charge in [0.05, 0.1) is 5.41 Å². The molecule has 6 aliphatic rings. The van der Waals surface area contributed by atoms with Gasteiger partial charge in [-0.1, -0.05) is 0 Å². The molecule has 1 N–H and O–H groups in total. The van der Waals surface area contributed by atoms with Crippen LogP contribution in [0.3, 0.4) is 0 Å². The molecule has 4 bridgehead atoms. The summed E-state index contributed by atoms with van der Waals surface area (Å²) >= 11 is 0. The Kier molecular flexibility index (Phi) is 4.49. The first-order valence-corrected chi connectivity index (χ1v) is 11.3. The zero-order valence-electron chi connectivity index (χ0n) is 16.8. The van der Waals surface area contributed by atoms with E-state index in [9.17, 15) is 9.59 Å². The number of nitrogens with one attached hydrogen (secondary N) is 1. The molecule has 2 saturated heterocycles. The highest BCUT2D eigenvalue weighted by Crippen LogP contribution is 2.60. The maximum atomic E-state index is 13.8. The van der Waals surface area contributed by atoms with Crippen molar-refractivity contribution in [2.24, 2.45) is 23.2 Å². The smallest absolute Gasteiger partial charge is 0.245 e. The minimum atomic E-state index is -0.193.